The van der Waals surface area contributed by atoms with Crippen LogP contribution in [0.2, 0.25) is 0 Å². The van der Waals surface area contributed by atoms with Gasteiger partial charge in [-0.2, -0.15) is 28.2 Å². The third-order valence-corrected chi connectivity index (χ3v) is 5.86. The van der Waals surface area contributed by atoms with Gasteiger partial charge in [0.25, 0.3) is 5.91 Å². The van der Waals surface area contributed by atoms with Crippen molar-refractivity contribution in [2.75, 3.05) is 13.2 Å². The van der Waals surface area contributed by atoms with Gasteiger partial charge in [-0.3, -0.25) is 4.79 Å². The van der Waals surface area contributed by atoms with Gasteiger partial charge in [0.15, 0.2) is 0 Å². The zero-order valence-corrected chi connectivity index (χ0v) is 18.3. The number of carbonyl (C=O) groups excluding carboxylic acids is 1. The minimum absolute atomic E-state index is 0.0879. The number of nitrogens with zero attached hydrogens (tertiary/aromatic N) is 5. The Labute approximate surface area is 189 Å². The average molecular weight is 459 g/mol. The molecule has 7 nitrogen and oxygen atoms in total. The summed E-state index contributed by atoms with van der Waals surface area (Å²) in [7, 11) is 0. The predicted molar refractivity (Wildman–Crippen MR) is 114 cm³/mol. The van der Waals surface area contributed by atoms with E-state index in [1.807, 2.05) is 26.0 Å². The van der Waals surface area contributed by atoms with Gasteiger partial charge in [-0.1, -0.05) is 13.0 Å². The van der Waals surface area contributed by atoms with Crippen LogP contribution in [0.3, 0.4) is 0 Å². The molecule has 3 heterocycles. The summed E-state index contributed by atoms with van der Waals surface area (Å²) >= 11 is 0. The van der Waals surface area contributed by atoms with Gasteiger partial charge in [-0.05, 0) is 49.4 Å². The summed E-state index contributed by atoms with van der Waals surface area (Å²) in [6.45, 7) is 4.65. The Hall–Kier alpha value is -3.43. The molecule has 0 bridgehead atoms. The maximum absolute atomic E-state index is 13.6. The Balaban J connectivity index is 1.55. The minimum atomic E-state index is -4.46. The SMILES string of the molecule is Cc1ccc(C(=O)N2CCC[C@@H](C)[C@H]2COc2ccc(C(F)(F)F)cn2)c(-n2nccn2)c1. The molecule has 174 valence electrons. The van der Waals surface area contributed by atoms with E-state index < -0.39 is 11.7 Å². The van der Waals surface area contributed by atoms with E-state index in [2.05, 4.69) is 15.2 Å². The number of aryl methyl sites for hydroxylation is 1. The van der Waals surface area contributed by atoms with Gasteiger partial charge in [0.2, 0.25) is 5.88 Å². The van der Waals surface area contributed by atoms with E-state index in [1.54, 1.807) is 23.4 Å². The van der Waals surface area contributed by atoms with E-state index >= 15 is 0 Å². The van der Waals surface area contributed by atoms with Crippen molar-refractivity contribution in [2.45, 2.75) is 38.9 Å². The first kappa shape index (κ1) is 22.8. The Morgan fingerprint density at radius 3 is 2.61 bits per heavy atom. The van der Waals surface area contributed by atoms with Crippen LogP contribution in [0.4, 0.5) is 13.2 Å². The molecule has 1 saturated heterocycles. The topological polar surface area (TPSA) is 73.1 Å². The molecule has 10 heteroatoms. The lowest BCUT2D eigenvalue weighted by Crippen LogP contribution is -2.50. The van der Waals surface area contributed by atoms with Gasteiger partial charge in [0, 0.05) is 18.8 Å². The van der Waals surface area contributed by atoms with Crippen molar-refractivity contribution >= 4 is 5.91 Å². The summed E-state index contributed by atoms with van der Waals surface area (Å²) in [5, 5.41) is 8.34. The zero-order valence-electron chi connectivity index (χ0n) is 18.3. The molecule has 0 N–H and O–H groups in total. The van der Waals surface area contributed by atoms with Crippen molar-refractivity contribution in [1.29, 1.82) is 0 Å². The molecular weight excluding hydrogens is 435 g/mol. The van der Waals surface area contributed by atoms with E-state index in [1.165, 1.54) is 10.9 Å². The van der Waals surface area contributed by atoms with Gasteiger partial charge in [-0.25, -0.2) is 4.98 Å². The normalized spacial score (nSPS) is 18.9. The summed E-state index contributed by atoms with van der Waals surface area (Å²) in [4.78, 5) is 20.6. The summed E-state index contributed by atoms with van der Waals surface area (Å²) in [5.41, 5.74) is 1.20. The van der Waals surface area contributed by atoms with Crippen molar-refractivity contribution in [2.24, 2.45) is 5.92 Å². The number of hydrogen-bond acceptors (Lipinski definition) is 5. The van der Waals surface area contributed by atoms with Gasteiger partial charge >= 0.3 is 6.18 Å². The van der Waals surface area contributed by atoms with Gasteiger partial charge in [-0.15, -0.1) is 0 Å². The highest BCUT2D eigenvalue weighted by molar-refractivity contribution is 5.98. The fraction of sp³-hybridized carbons (Fsp3) is 0.391. The molecule has 1 aliphatic rings. The number of pyridine rings is 1. The molecule has 0 spiro atoms. The average Bonchev–Trinajstić information content (AvgIpc) is 3.32. The van der Waals surface area contributed by atoms with Crippen LogP contribution in [-0.4, -0.2) is 50.0 Å². The highest BCUT2D eigenvalue weighted by Crippen LogP contribution is 2.30. The molecule has 0 unspecified atom stereocenters. The Morgan fingerprint density at radius 1 is 1.18 bits per heavy atom. The quantitative estimate of drug-likeness (QED) is 0.569. The highest BCUT2D eigenvalue weighted by atomic mass is 19.4. The maximum atomic E-state index is 13.6. The number of alkyl halides is 3. The van der Waals surface area contributed by atoms with E-state index in [4.69, 9.17) is 4.74 Å². The molecule has 0 aliphatic carbocycles. The van der Waals surface area contributed by atoms with Crippen LogP contribution < -0.4 is 4.74 Å². The molecule has 0 radical (unpaired) electrons. The first-order valence-electron chi connectivity index (χ1n) is 10.7. The monoisotopic (exact) mass is 459 g/mol. The molecule has 1 aliphatic heterocycles. The molecule has 1 fully saturated rings. The standard InChI is InChI=1S/C23H24F3N5O2/c1-15-5-7-18(19(12-15)31-28-9-10-29-31)22(32)30-11-3-4-16(2)20(30)14-33-21-8-6-17(13-27-21)23(24,25)26/h5-10,12-13,16,20H,3-4,11,14H2,1-2H3/t16-,20-/m1/s1. The Kier molecular flexibility index (Phi) is 6.35. The number of halogens is 3. The number of benzene rings is 1. The van der Waals surface area contributed by atoms with Crippen molar-refractivity contribution in [3.63, 3.8) is 0 Å². The van der Waals surface area contributed by atoms with E-state index in [-0.39, 0.29) is 30.4 Å². The highest BCUT2D eigenvalue weighted by Gasteiger charge is 2.35. The summed E-state index contributed by atoms with van der Waals surface area (Å²) in [5.74, 6) is 0.0710. The van der Waals surface area contributed by atoms with Crippen LogP contribution in [0.25, 0.3) is 5.69 Å². The molecule has 1 aromatic carbocycles. The first-order chi connectivity index (χ1) is 15.7. The molecule has 2 atom stereocenters. The number of amides is 1. The number of likely N-dealkylation sites (tertiary alicyclic amines) is 1. The molecule has 2 aromatic heterocycles. The third-order valence-electron chi connectivity index (χ3n) is 5.86. The summed E-state index contributed by atoms with van der Waals surface area (Å²) in [6, 6.07) is 7.37. The second-order valence-electron chi connectivity index (χ2n) is 8.22. The molecule has 33 heavy (non-hydrogen) atoms. The summed E-state index contributed by atoms with van der Waals surface area (Å²) < 4.78 is 44.0. The smallest absolute Gasteiger partial charge is 0.417 e. The van der Waals surface area contributed by atoms with Crippen LogP contribution >= 0.6 is 0 Å². The fourth-order valence-electron chi connectivity index (χ4n) is 4.04. The molecular formula is C23H24F3N5O2. The van der Waals surface area contributed by atoms with Gasteiger partial charge in [0.05, 0.1) is 35.2 Å². The lowest BCUT2D eigenvalue weighted by atomic mass is 9.90. The number of rotatable bonds is 5. The lowest BCUT2D eigenvalue weighted by molar-refractivity contribution is -0.137. The largest absolute Gasteiger partial charge is 0.475 e. The molecule has 3 aromatic rings. The van der Waals surface area contributed by atoms with Crippen LogP contribution in [0.5, 0.6) is 5.88 Å². The number of hydrogen-bond donors (Lipinski definition) is 0. The summed E-state index contributed by atoms with van der Waals surface area (Å²) in [6.07, 6.45) is 1.16. The van der Waals surface area contributed by atoms with E-state index in [9.17, 15) is 18.0 Å². The molecule has 4 rings (SSSR count). The van der Waals surface area contributed by atoms with Crippen molar-refractivity contribution in [1.82, 2.24) is 24.9 Å². The number of aromatic nitrogens is 4. The molecule has 0 saturated carbocycles. The van der Waals surface area contributed by atoms with Gasteiger partial charge < -0.3 is 9.64 Å². The zero-order chi connectivity index (χ0) is 23.6. The second kappa shape index (κ2) is 9.21. The number of carbonyl (C=O) groups is 1. The first-order valence-corrected chi connectivity index (χ1v) is 10.7. The van der Waals surface area contributed by atoms with E-state index in [0.717, 1.165) is 30.7 Å². The predicted octanol–water partition coefficient (Wildman–Crippen LogP) is 4.31. The van der Waals surface area contributed by atoms with Crippen LogP contribution in [0, 0.1) is 12.8 Å². The number of piperidine rings is 1. The maximum Gasteiger partial charge on any atom is 0.417 e. The van der Waals surface area contributed by atoms with Crippen LogP contribution in [-0.2, 0) is 6.18 Å². The van der Waals surface area contributed by atoms with Crippen molar-refractivity contribution in [3.8, 4) is 11.6 Å². The van der Waals surface area contributed by atoms with E-state index in [0.29, 0.717) is 17.8 Å². The Morgan fingerprint density at radius 2 is 1.94 bits per heavy atom. The second-order valence-corrected chi connectivity index (χ2v) is 8.22. The van der Waals surface area contributed by atoms with Crippen LogP contribution in [0.15, 0.2) is 48.9 Å². The fourth-order valence-corrected chi connectivity index (χ4v) is 4.04. The van der Waals surface area contributed by atoms with Crippen LogP contribution in [0.1, 0.15) is 41.3 Å². The minimum Gasteiger partial charge on any atom is -0.475 e. The molecule has 1 amide bonds. The number of ether oxygens (including phenoxy) is 1. The Bertz CT molecular complexity index is 1100. The third kappa shape index (κ3) is 4.99. The van der Waals surface area contributed by atoms with Crippen molar-refractivity contribution in [3.05, 3.63) is 65.6 Å². The lowest BCUT2D eigenvalue weighted by Gasteiger charge is -2.40. The van der Waals surface area contributed by atoms with Gasteiger partial charge in [0.1, 0.15) is 6.61 Å². The van der Waals surface area contributed by atoms with Crippen molar-refractivity contribution < 1.29 is 22.7 Å².